The number of hydrogen-bond donors (Lipinski definition) is 15. The van der Waals surface area contributed by atoms with Crippen LogP contribution < -0.4 is 58.5 Å². The highest BCUT2D eigenvalue weighted by atomic mass is 32.2. The number of anilines is 1. The van der Waals surface area contributed by atoms with Crippen LogP contribution in [0.2, 0.25) is 0 Å². The normalized spacial score (nSPS) is 24.2. The third kappa shape index (κ3) is 17.9. The van der Waals surface area contributed by atoms with E-state index in [-0.39, 0.29) is 36.6 Å². The molecule has 3 unspecified atom stereocenters. The lowest BCUT2D eigenvalue weighted by molar-refractivity contribution is -0.144. The van der Waals surface area contributed by atoms with Gasteiger partial charge in [-0.15, -0.1) is 11.8 Å². The van der Waals surface area contributed by atoms with E-state index in [4.69, 9.17) is 0 Å². The maximum Gasteiger partial charge on any atom is 0.246 e. The molecule has 1 aromatic heterocycles. The second-order valence-corrected chi connectivity index (χ2v) is 23.6. The van der Waals surface area contributed by atoms with Gasteiger partial charge in [-0.25, -0.2) is 0 Å². The van der Waals surface area contributed by atoms with E-state index in [9.17, 15) is 68.1 Å². The summed E-state index contributed by atoms with van der Waals surface area (Å²) in [6, 6.07) is 2.52. The number of para-hydroxylation sites is 1. The van der Waals surface area contributed by atoms with Crippen molar-refractivity contribution in [1.82, 2.24) is 63.1 Å². The van der Waals surface area contributed by atoms with Crippen LogP contribution in [-0.4, -0.2) is 189 Å². The lowest BCUT2D eigenvalue weighted by atomic mass is 9.93. The maximum absolute atomic E-state index is 15.0. The average Bonchev–Trinajstić information content (AvgIpc) is 2.53. The molecule has 2 aromatic carbocycles. The van der Waals surface area contributed by atoms with Gasteiger partial charge >= 0.3 is 0 Å². The Balaban J connectivity index is 1.35. The maximum atomic E-state index is 15.0. The summed E-state index contributed by atoms with van der Waals surface area (Å²) in [5, 5.41) is 62.5. The van der Waals surface area contributed by atoms with Crippen LogP contribution in [0.25, 0.3) is 10.9 Å². The van der Waals surface area contributed by atoms with Gasteiger partial charge < -0.3 is 83.7 Å². The minimum atomic E-state index is -1.80. The largest absolute Gasteiger partial charge is 0.394 e. The second kappa shape index (κ2) is 30.4. The molecule has 11 amide bonds. The van der Waals surface area contributed by atoms with Gasteiger partial charge in [0.25, 0.3) is 0 Å². The number of aromatic nitrogens is 1. The Bertz CT molecular complexity index is 2940. The van der Waals surface area contributed by atoms with Gasteiger partial charge in [0.2, 0.25) is 65.0 Å². The van der Waals surface area contributed by atoms with E-state index in [2.05, 4.69) is 63.5 Å². The summed E-state index contributed by atoms with van der Waals surface area (Å²) in [6.45, 7) is 11.1. The Kier molecular flexibility index (Phi) is 23.8. The number of amides is 11. The first-order valence-electron chi connectivity index (χ1n) is 28.6. The van der Waals surface area contributed by atoms with Crippen LogP contribution in [0.1, 0.15) is 85.8 Å². The number of aromatic amines is 1. The number of thioether (sulfide) groups is 1. The van der Waals surface area contributed by atoms with Gasteiger partial charge in [-0.1, -0.05) is 85.2 Å². The Morgan fingerprint density at radius 1 is 0.753 bits per heavy atom. The predicted molar refractivity (Wildman–Crippen MR) is 312 cm³/mol. The molecule has 1 saturated heterocycles. The molecule has 3 aliphatic rings. The van der Waals surface area contributed by atoms with E-state index < -0.39 is 171 Å². The van der Waals surface area contributed by atoms with Gasteiger partial charge in [0, 0.05) is 60.2 Å². The monoisotopic (exact) mass is 1200 g/mol. The first-order chi connectivity index (χ1) is 40.3. The molecule has 0 spiro atoms. The van der Waals surface area contributed by atoms with Crippen molar-refractivity contribution in [3.05, 3.63) is 59.7 Å². The number of aliphatic hydroxyl groups excluding tert-OH is 3. The van der Waals surface area contributed by atoms with Crippen molar-refractivity contribution in [2.24, 2.45) is 17.8 Å². The van der Waals surface area contributed by atoms with Crippen LogP contribution in [-0.2, 0) is 65.7 Å². The fraction of sp³-hybridized carbons (Fsp3) is 0.561. The number of benzene rings is 2. The smallest absolute Gasteiger partial charge is 0.246 e. The van der Waals surface area contributed by atoms with Gasteiger partial charge in [0.1, 0.15) is 42.3 Å². The molecule has 28 heteroatoms. The van der Waals surface area contributed by atoms with Crippen LogP contribution in [0.4, 0.5) is 5.69 Å². The molecule has 3 aliphatic heterocycles. The van der Waals surface area contributed by atoms with Gasteiger partial charge in [0.05, 0.1) is 49.4 Å². The topological polar surface area (TPSA) is 400 Å². The molecule has 85 heavy (non-hydrogen) atoms. The molecule has 4 heterocycles. The Morgan fingerprint density at radius 3 is 2.08 bits per heavy atom. The molecule has 3 aromatic rings. The second-order valence-electron chi connectivity index (χ2n) is 22.5. The first kappa shape index (κ1) is 66.5. The molecular weight excluding hydrogens is 1120 g/mol. The number of carbonyl (C=O) groups excluding carboxylic acids is 11. The summed E-state index contributed by atoms with van der Waals surface area (Å²) in [5.74, 6) is -11.1. The summed E-state index contributed by atoms with van der Waals surface area (Å²) < 4.78 is 0. The molecule has 27 nitrogen and oxygen atoms in total. The standard InChI is InChI=1S/C57H81N13O14S/c1-9-29(6)47-53(81)60-22-44(75)64-40-26-85-56-36(35-12-10-11-13-37(35)67-56)19-38(50(78)59-23-45(76)68-47)65-55(83)48(30(7)42(73)25-71)69-52(80)41-18-34(72)24-70(41)57(84)39(66-51(40)79)20-43(74)58-21-32-14-16-33(17-15-32)63-49(77)31(8)62-54(82)46(27(2)3)61-28(4)5/h10-17,27-31,34,38-42,46-48,61,67,71-73H,9,18-26H2,1-8H3,(H,58,74)(H,59,78)(H,60,81)(H,62,82)(H,63,77)(H,64,75)(H,65,83)(H,66,79)(H,68,76)(H,69,80)/t29-,30-,31-,34?,38-,39-,40?,41-,42-,46?,47-,48-/m0/s1. The highest BCUT2D eigenvalue weighted by molar-refractivity contribution is 7.99. The van der Waals surface area contributed by atoms with Crippen molar-refractivity contribution >= 4 is 93.3 Å². The van der Waals surface area contributed by atoms with Crippen LogP contribution in [0.5, 0.6) is 0 Å². The van der Waals surface area contributed by atoms with Gasteiger partial charge in [0.15, 0.2) is 0 Å². The van der Waals surface area contributed by atoms with E-state index in [1.54, 1.807) is 69.3 Å². The predicted octanol–water partition coefficient (Wildman–Crippen LogP) is -2.34. The number of hydrogen-bond acceptors (Lipinski definition) is 16. The third-order valence-corrected chi connectivity index (χ3v) is 16.4. The van der Waals surface area contributed by atoms with Gasteiger partial charge in [-0.2, -0.15) is 0 Å². The van der Waals surface area contributed by atoms with Crippen molar-refractivity contribution < 1.29 is 68.1 Å². The zero-order chi connectivity index (χ0) is 62.4. The van der Waals surface area contributed by atoms with Crippen molar-refractivity contribution in [2.75, 3.05) is 37.3 Å². The molecule has 15 N–H and O–H groups in total. The number of H-pyrrole nitrogens is 1. The van der Waals surface area contributed by atoms with Gasteiger partial charge in [-0.05, 0) is 48.1 Å². The molecular formula is C57H81N13O14S. The van der Waals surface area contributed by atoms with E-state index in [0.717, 1.165) is 16.7 Å². The molecule has 12 atom stereocenters. The average molecular weight is 1200 g/mol. The summed E-state index contributed by atoms with van der Waals surface area (Å²) in [6.07, 6.45) is -4.05. The summed E-state index contributed by atoms with van der Waals surface area (Å²) >= 11 is 1.01. The minimum Gasteiger partial charge on any atom is -0.394 e. The van der Waals surface area contributed by atoms with E-state index >= 15 is 0 Å². The van der Waals surface area contributed by atoms with E-state index in [0.29, 0.717) is 39.2 Å². The van der Waals surface area contributed by atoms with E-state index in [1.807, 2.05) is 27.7 Å². The molecule has 6 rings (SSSR count). The van der Waals surface area contributed by atoms with Crippen LogP contribution in [0.15, 0.2) is 53.6 Å². The minimum absolute atomic E-state index is 0.0279. The highest BCUT2D eigenvalue weighted by Gasteiger charge is 2.45. The Hall–Kier alpha value is -7.66. The number of aliphatic hydroxyl groups is 3. The Morgan fingerprint density at radius 2 is 1.42 bits per heavy atom. The van der Waals surface area contributed by atoms with Crippen LogP contribution >= 0.6 is 11.8 Å². The summed E-state index contributed by atoms with van der Waals surface area (Å²) in [5.41, 5.74) is 1.90. The zero-order valence-corrected chi connectivity index (χ0v) is 49.8. The lowest BCUT2D eigenvalue weighted by Gasteiger charge is -2.33. The van der Waals surface area contributed by atoms with Crippen molar-refractivity contribution in [3.8, 4) is 0 Å². The molecule has 1 fully saturated rings. The molecule has 464 valence electrons. The zero-order valence-electron chi connectivity index (χ0n) is 49.0. The number of rotatable bonds is 16. The third-order valence-electron chi connectivity index (χ3n) is 15.2. The molecule has 0 aliphatic carbocycles. The van der Waals surface area contributed by atoms with Crippen LogP contribution in [0, 0.1) is 17.8 Å². The number of nitrogens with zero attached hydrogens (tertiary/aromatic N) is 1. The molecule has 0 saturated carbocycles. The lowest BCUT2D eigenvalue weighted by Crippen LogP contribution is -2.62. The summed E-state index contributed by atoms with van der Waals surface area (Å²) in [7, 11) is 0. The molecule has 0 radical (unpaired) electrons. The van der Waals surface area contributed by atoms with Gasteiger partial charge in [-0.3, -0.25) is 52.7 Å². The SMILES string of the molecule is CC[C@H](C)[C@@H]1NC(=O)CNC(=O)[C@@H]2Cc3c([nH]c4ccccc34)SCC(NC(=O)CNC1=O)C(=O)N[C@@H](CC(=O)NCc1ccc(NC(=O)[C@H](C)NC(=O)C(NC(C)C)C(C)C)cc1)C(=O)N1CC(O)C[C@H]1C(=O)N[C@@H]([C@@H](C)[C@@H](O)CO)C(=O)N2. The molecule has 2 bridgehead atoms. The Labute approximate surface area is 496 Å². The highest BCUT2D eigenvalue weighted by Crippen LogP contribution is 2.32. The summed E-state index contributed by atoms with van der Waals surface area (Å²) in [4.78, 5) is 159. The number of fused-ring (bicyclic) bond motifs is 5. The van der Waals surface area contributed by atoms with Crippen molar-refractivity contribution in [1.29, 1.82) is 0 Å². The quantitative estimate of drug-likeness (QED) is 0.0714. The van der Waals surface area contributed by atoms with Crippen molar-refractivity contribution in [2.45, 2.75) is 159 Å². The van der Waals surface area contributed by atoms with Crippen molar-refractivity contribution in [3.63, 3.8) is 0 Å². The van der Waals surface area contributed by atoms with Crippen LogP contribution in [0.3, 0.4) is 0 Å². The fourth-order valence-corrected chi connectivity index (χ4v) is 11.1. The number of carbonyl (C=O) groups is 11. The van der Waals surface area contributed by atoms with E-state index in [1.165, 1.54) is 6.92 Å². The first-order valence-corrected chi connectivity index (χ1v) is 29.5. The fourth-order valence-electron chi connectivity index (χ4n) is 10.0. The number of nitrogens with one attached hydrogen (secondary N) is 12.